The highest BCUT2D eigenvalue weighted by atomic mass is 127. The van der Waals surface area contributed by atoms with Gasteiger partial charge in [0.25, 0.3) is 0 Å². The normalized spacial score (nSPS) is 11.3. The maximum Gasteiger partial charge on any atom is 0.410 e. The Balaban J connectivity index is 0.00000480. The number of carbonyl (C=O) groups excluding carboxylic acids is 1. The minimum Gasteiger partial charge on any atom is -0.497 e. The van der Waals surface area contributed by atoms with Gasteiger partial charge in [0, 0.05) is 31.2 Å². The van der Waals surface area contributed by atoms with Gasteiger partial charge < -0.3 is 25.4 Å². The standard InChI is InChI=1S/C22H31N5O3.HI/c1-22(2,3)30-21(28)27(16-17-7-5-12-24-15-17)14-6-13-25-20(23)26-18-8-10-19(29-4)11-9-18;/h5,7-12,15H,6,13-14,16H2,1-4H3,(H3,23,25,26);1H. The summed E-state index contributed by atoms with van der Waals surface area (Å²) < 4.78 is 10.7. The number of pyridine rings is 1. The molecular formula is C22H32IN5O3. The number of carbonyl (C=O) groups is 1. The van der Waals surface area contributed by atoms with Crippen molar-refractivity contribution in [1.82, 2.24) is 9.88 Å². The number of benzene rings is 1. The van der Waals surface area contributed by atoms with Gasteiger partial charge in [0.15, 0.2) is 5.96 Å². The Morgan fingerprint density at radius 3 is 2.52 bits per heavy atom. The number of anilines is 1. The molecule has 0 aliphatic carbocycles. The number of nitrogens with zero attached hydrogens (tertiary/aromatic N) is 3. The summed E-state index contributed by atoms with van der Waals surface area (Å²) in [6, 6.07) is 11.2. The summed E-state index contributed by atoms with van der Waals surface area (Å²) in [5.74, 6) is 1.09. The Hall–Kier alpha value is -2.56. The molecule has 0 spiro atoms. The third-order valence-corrected chi connectivity index (χ3v) is 3.98. The molecular weight excluding hydrogens is 509 g/mol. The van der Waals surface area contributed by atoms with Crippen LogP contribution in [0.1, 0.15) is 32.8 Å². The van der Waals surface area contributed by atoms with Gasteiger partial charge in [-0.15, -0.1) is 24.0 Å². The van der Waals surface area contributed by atoms with Gasteiger partial charge in [0.1, 0.15) is 11.4 Å². The summed E-state index contributed by atoms with van der Waals surface area (Å²) in [7, 11) is 1.62. The van der Waals surface area contributed by atoms with Crippen LogP contribution in [0.15, 0.2) is 53.8 Å². The lowest BCUT2D eigenvalue weighted by atomic mass is 10.2. The average Bonchev–Trinajstić information content (AvgIpc) is 2.70. The van der Waals surface area contributed by atoms with Crippen molar-refractivity contribution in [2.24, 2.45) is 10.7 Å². The van der Waals surface area contributed by atoms with Crippen molar-refractivity contribution in [1.29, 1.82) is 0 Å². The van der Waals surface area contributed by atoms with Gasteiger partial charge in [-0.3, -0.25) is 9.98 Å². The Labute approximate surface area is 201 Å². The molecule has 1 aromatic heterocycles. The second-order valence-corrected chi connectivity index (χ2v) is 7.74. The second kappa shape index (κ2) is 13.0. The maximum atomic E-state index is 12.6. The van der Waals surface area contributed by atoms with Crippen LogP contribution in [0.4, 0.5) is 10.5 Å². The topological polar surface area (TPSA) is 102 Å². The van der Waals surface area contributed by atoms with Gasteiger partial charge in [0.05, 0.1) is 13.7 Å². The SMILES string of the molecule is COc1ccc(NC(N)=NCCCN(Cc2cccnc2)C(=O)OC(C)(C)C)cc1.I. The van der Waals surface area contributed by atoms with Crippen LogP contribution in [-0.2, 0) is 11.3 Å². The van der Waals surface area contributed by atoms with Crippen molar-refractivity contribution >= 4 is 41.7 Å². The zero-order chi connectivity index (χ0) is 22.0. The summed E-state index contributed by atoms with van der Waals surface area (Å²) in [5.41, 5.74) is 7.15. The number of ether oxygens (including phenoxy) is 2. The molecule has 8 nitrogen and oxygen atoms in total. The third kappa shape index (κ3) is 10.3. The zero-order valence-corrected chi connectivity index (χ0v) is 20.8. The number of guanidine groups is 1. The Kier molecular flexibility index (Phi) is 11.1. The number of methoxy groups -OCH3 is 1. The fraction of sp³-hybridized carbons (Fsp3) is 0.409. The number of aliphatic imine (C=N–C) groups is 1. The summed E-state index contributed by atoms with van der Waals surface area (Å²) in [6.07, 6.45) is 3.73. The van der Waals surface area contributed by atoms with Gasteiger partial charge >= 0.3 is 6.09 Å². The predicted molar refractivity (Wildman–Crippen MR) is 134 cm³/mol. The highest BCUT2D eigenvalue weighted by molar-refractivity contribution is 14.0. The fourth-order valence-electron chi connectivity index (χ4n) is 2.60. The molecule has 0 aliphatic rings. The van der Waals surface area contributed by atoms with Crippen LogP contribution in [0.25, 0.3) is 0 Å². The Morgan fingerprint density at radius 1 is 1.23 bits per heavy atom. The first-order valence-corrected chi connectivity index (χ1v) is 9.84. The zero-order valence-electron chi connectivity index (χ0n) is 18.5. The molecule has 3 N–H and O–H groups in total. The minimum absolute atomic E-state index is 0. The van der Waals surface area contributed by atoms with E-state index in [0.29, 0.717) is 32.0 Å². The summed E-state index contributed by atoms with van der Waals surface area (Å²) in [5, 5.41) is 3.03. The first kappa shape index (κ1) is 26.5. The molecule has 1 aromatic carbocycles. The summed E-state index contributed by atoms with van der Waals surface area (Å²) in [4.78, 5) is 22.7. The van der Waals surface area contributed by atoms with E-state index in [-0.39, 0.29) is 30.1 Å². The molecule has 31 heavy (non-hydrogen) atoms. The first-order valence-electron chi connectivity index (χ1n) is 9.84. The quantitative estimate of drug-likeness (QED) is 0.224. The molecule has 0 atom stereocenters. The summed E-state index contributed by atoms with van der Waals surface area (Å²) >= 11 is 0. The van der Waals surface area contributed by atoms with Crippen molar-refractivity contribution in [2.75, 3.05) is 25.5 Å². The molecule has 0 bridgehead atoms. The number of amides is 1. The highest BCUT2D eigenvalue weighted by Crippen LogP contribution is 2.15. The molecule has 0 saturated carbocycles. The fourth-order valence-corrected chi connectivity index (χ4v) is 2.60. The molecule has 0 unspecified atom stereocenters. The smallest absolute Gasteiger partial charge is 0.410 e. The maximum absolute atomic E-state index is 12.6. The molecule has 1 amide bonds. The number of nitrogens with two attached hydrogens (primary N) is 1. The van der Waals surface area contributed by atoms with Gasteiger partial charge in [-0.2, -0.15) is 0 Å². The van der Waals surface area contributed by atoms with Crippen LogP contribution < -0.4 is 15.8 Å². The van der Waals surface area contributed by atoms with E-state index in [2.05, 4.69) is 15.3 Å². The Bertz CT molecular complexity index is 823. The van der Waals surface area contributed by atoms with Crippen molar-refractivity contribution < 1.29 is 14.3 Å². The van der Waals surface area contributed by atoms with Crippen LogP contribution in [-0.4, -0.2) is 47.7 Å². The van der Waals surface area contributed by atoms with Crippen LogP contribution in [0.5, 0.6) is 5.75 Å². The minimum atomic E-state index is -0.560. The van der Waals surface area contributed by atoms with Gasteiger partial charge in [0.2, 0.25) is 0 Å². The lowest BCUT2D eigenvalue weighted by Gasteiger charge is -2.27. The van der Waals surface area contributed by atoms with Crippen molar-refractivity contribution in [2.45, 2.75) is 39.3 Å². The Morgan fingerprint density at radius 2 is 1.94 bits per heavy atom. The van der Waals surface area contributed by atoms with E-state index in [9.17, 15) is 4.79 Å². The van der Waals surface area contributed by atoms with Crippen molar-refractivity contribution in [3.05, 3.63) is 54.4 Å². The highest BCUT2D eigenvalue weighted by Gasteiger charge is 2.22. The van der Waals surface area contributed by atoms with E-state index >= 15 is 0 Å². The van der Waals surface area contributed by atoms with Crippen molar-refractivity contribution in [3.63, 3.8) is 0 Å². The van der Waals surface area contributed by atoms with Crippen LogP contribution in [0.2, 0.25) is 0 Å². The van der Waals surface area contributed by atoms with E-state index in [1.165, 1.54) is 0 Å². The molecule has 0 aliphatic heterocycles. The number of nitrogens with one attached hydrogen (secondary N) is 1. The molecule has 170 valence electrons. The van der Waals surface area contributed by atoms with Gasteiger partial charge in [-0.25, -0.2) is 4.79 Å². The molecule has 1 heterocycles. The number of hydrogen-bond acceptors (Lipinski definition) is 5. The number of hydrogen-bond donors (Lipinski definition) is 2. The van der Waals surface area contributed by atoms with E-state index in [1.54, 1.807) is 24.4 Å². The molecule has 2 rings (SSSR count). The van der Waals surface area contributed by atoms with Crippen molar-refractivity contribution in [3.8, 4) is 5.75 Å². The number of aromatic nitrogens is 1. The first-order chi connectivity index (χ1) is 14.3. The van der Waals surface area contributed by atoms with Crippen LogP contribution in [0.3, 0.4) is 0 Å². The lowest BCUT2D eigenvalue weighted by Crippen LogP contribution is -2.37. The van der Waals surface area contributed by atoms with E-state index in [4.69, 9.17) is 15.2 Å². The third-order valence-electron chi connectivity index (χ3n) is 3.98. The molecule has 0 radical (unpaired) electrons. The molecule has 9 heteroatoms. The predicted octanol–water partition coefficient (Wildman–Crippen LogP) is 4.26. The second-order valence-electron chi connectivity index (χ2n) is 7.74. The lowest BCUT2D eigenvalue weighted by molar-refractivity contribution is 0.0232. The van der Waals surface area contributed by atoms with E-state index in [0.717, 1.165) is 17.0 Å². The average molecular weight is 541 g/mol. The molecule has 0 saturated heterocycles. The number of halogens is 1. The largest absolute Gasteiger partial charge is 0.497 e. The van der Waals surface area contributed by atoms with Crippen LogP contribution >= 0.6 is 24.0 Å². The monoisotopic (exact) mass is 541 g/mol. The summed E-state index contributed by atoms with van der Waals surface area (Å²) in [6.45, 7) is 6.94. The van der Waals surface area contributed by atoms with Gasteiger partial charge in [-0.05, 0) is 63.1 Å². The molecule has 0 fully saturated rings. The van der Waals surface area contributed by atoms with E-state index < -0.39 is 5.60 Å². The van der Waals surface area contributed by atoms with Crippen LogP contribution in [0, 0.1) is 0 Å². The number of rotatable bonds is 8. The van der Waals surface area contributed by atoms with E-state index in [1.807, 2.05) is 57.2 Å². The van der Waals surface area contributed by atoms with Gasteiger partial charge in [-0.1, -0.05) is 6.07 Å². The molecule has 2 aromatic rings.